The SMILES string of the molecule is CC[C@@H]1OC(=O)[C@H](C)[C@H](O[C@H]2C[C@@](C)(OC)[C@@H](OC(=O)/C=C/c3cnc4ccccc4c3)[C@H](C)O2)[C@H](C)[C@@H](O[C@@H]2O[C@H](C)C[C@H](N(C)C)[C@H]2O)[C@@](C)(OC)C[C@@H](C)NC(=O)[C@@H](C)[C@@H](O)[C@]1(C)O. The summed E-state index contributed by atoms with van der Waals surface area (Å²) in [5.74, 6) is -4.90. The first-order valence-electron chi connectivity index (χ1n) is 23.6. The first-order valence-corrected chi connectivity index (χ1v) is 23.6. The third-order valence-electron chi connectivity index (χ3n) is 14.4. The van der Waals surface area contributed by atoms with Gasteiger partial charge in [-0.05, 0) is 106 Å². The number of cyclic esters (lactones) is 1. The molecule has 3 fully saturated rings. The van der Waals surface area contributed by atoms with Gasteiger partial charge in [-0.2, -0.15) is 0 Å². The van der Waals surface area contributed by atoms with E-state index in [4.69, 9.17) is 37.9 Å². The molecule has 2 aromatic rings. The Balaban J connectivity index is 1.52. The van der Waals surface area contributed by atoms with Crippen molar-refractivity contribution in [3.63, 3.8) is 0 Å². The monoisotopic (exact) mass is 944 g/mol. The molecule has 376 valence electrons. The number of para-hydroxylation sites is 1. The Morgan fingerprint density at radius 1 is 0.940 bits per heavy atom. The van der Waals surface area contributed by atoms with Crippen molar-refractivity contribution < 1.29 is 67.6 Å². The first kappa shape index (κ1) is 54.3. The van der Waals surface area contributed by atoms with Gasteiger partial charge in [0.25, 0.3) is 0 Å². The standard InChI is InChI=1S/C50H77N3O14/c1-15-37-50(10,59)42(56)31(6)45(57)52-27(2)24-48(8,60-13)43(67-47-40(55)36(53(11)12)22-28(3)62-47)29(4)41(30(5)46(58)64-37)66-39-25-49(9,61-14)44(32(7)63-39)65-38(54)21-20-33-23-34-18-16-17-19-35(34)51-26-33/h16-21,23,26-32,36-37,39-44,47,55-56,59H,15,22,24-25H2,1-14H3,(H,52,57)/b21-20+/t27-,28-,29+,30-,31+,32+,36+,37+,39+,40-,41-,42-,43-,44+,47+,48+,49-,50-/m1/s1. The highest BCUT2D eigenvalue weighted by Gasteiger charge is 2.54. The fourth-order valence-electron chi connectivity index (χ4n) is 10.2. The maximum Gasteiger partial charge on any atom is 0.331 e. The van der Waals surface area contributed by atoms with Crippen LogP contribution in [0.1, 0.15) is 100 Å². The molecular formula is C50H77N3O14. The van der Waals surface area contributed by atoms with Crippen molar-refractivity contribution in [2.24, 2.45) is 17.8 Å². The molecule has 0 saturated carbocycles. The number of nitrogens with zero attached hydrogens (tertiary/aromatic N) is 2. The second kappa shape index (κ2) is 22.4. The molecule has 1 aromatic carbocycles. The molecule has 67 heavy (non-hydrogen) atoms. The summed E-state index contributed by atoms with van der Waals surface area (Å²) in [5.41, 5.74) is -2.90. The van der Waals surface area contributed by atoms with Gasteiger partial charge in [-0.15, -0.1) is 0 Å². The van der Waals surface area contributed by atoms with E-state index in [1.807, 2.05) is 70.1 Å². The number of fused-ring (bicyclic) bond motifs is 1. The number of methoxy groups -OCH3 is 2. The summed E-state index contributed by atoms with van der Waals surface area (Å²) in [7, 11) is 6.78. The Labute approximate surface area is 396 Å². The van der Waals surface area contributed by atoms with Crippen LogP contribution in [0.15, 0.2) is 42.6 Å². The number of hydrogen-bond donors (Lipinski definition) is 4. The molecule has 17 nitrogen and oxygen atoms in total. The van der Waals surface area contributed by atoms with Crippen LogP contribution in [0.2, 0.25) is 0 Å². The molecule has 0 spiro atoms. The summed E-state index contributed by atoms with van der Waals surface area (Å²) >= 11 is 0. The van der Waals surface area contributed by atoms with Crippen molar-refractivity contribution in [1.82, 2.24) is 15.2 Å². The van der Waals surface area contributed by atoms with E-state index in [1.165, 1.54) is 34.1 Å². The van der Waals surface area contributed by atoms with Crippen LogP contribution in [0.3, 0.4) is 0 Å². The number of aliphatic hydroxyl groups excluding tert-OH is 2. The minimum Gasteiger partial charge on any atom is -0.459 e. The second-order valence-corrected chi connectivity index (χ2v) is 19.9. The zero-order valence-corrected chi connectivity index (χ0v) is 41.8. The first-order chi connectivity index (χ1) is 31.4. The van der Waals surface area contributed by atoms with E-state index in [0.29, 0.717) is 12.0 Å². The number of aliphatic hydroxyl groups is 3. The highest BCUT2D eigenvalue weighted by Crippen LogP contribution is 2.41. The van der Waals surface area contributed by atoms with Crippen LogP contribution in [0.25, 0.3) is 17.0 Å². The van der Waals surface area contributed by atoms with E-state index in [0.717, 1.165) is 10.9 Å². The van der Waals surface area contributed by atoms with Gasteiger partial charge in [0.1, 0.15) is 23.4 Å². The van der Waals surface area contributed by atoms with Gasteiger partial charge in [0.2, 0.25) is 5.91 Å². The number of rotatable bonds is 11. The molecule has 17 heteroatoms. The Bertz CT molecular complexity index is 2020. The third-order valence-corrected chi connectivity index (χ3v) is 14.4. The van der Waals surface area contributed by atoms with Crippen molar-refractivity contribution >= 4 is 34.8 Å². The lowest BCUT2D eigenvalue weighted by atomic mass is 9.78. The Morgan fingerprint density at radius 3 is 2.24 bits per heavy atom. The topological polar surface area (TPSA) is 214 Å². The van der Waals surface area contributed by atoms with Gasteiger partial charge in [0.15, 0.2) is 18.7 Å². The van der Waals surface area contributed by atoms with Crippen LogP contribution in [0.4, 0.5) is 0 Å². The number of benzene rings is 1. The zero-order chi connectivity index (χ0) is 49.8. The van der Waals surface area contributed by atoms with Gasteiger partial charge >= 0.3 is 11.9 Å². The van der Waals surface area contributed by atoms with Crippen LogP contribution in [0.5, 0.6) is 0 Å². The second-order valence-electron chi connectivity index (χ2n) is 19.9. The fourth-order valence-corrected chi connectivity index (χ4v) is 10.2. The summed E-state index contributed by atoms with van der Waals surface area (Å²) in [4.78, 5) is 48.0. The molecule has 1 amide bonds. The third kappa shape index (κ3) is 12.4. The van der Waals surface area contributed by atoms with Crippen molar-refractivity contribution in [3.05, 3.63) is 48.2 Å². The van der Waals surface area contributed by atoms with Gasteiger partial charge in [0, 0.05) is 56.3 Å². The van der Waals surface area contributed by atoms with Gasteiger partial charge in [-0.1, -0.05) is 39.0 Å². The van der Waals surface area contributed by atoms with E-state index < -0.39 is 114 Å². The average molecular weight is 944 g/mol. The van der Waals surface area contributed by atoms with Crippen LogP contribution in [-0.4, -0.2) is 162 Å². The molecule has 0 radical (unpaired) electrons. The molecule has 18 atom stereocenters. The van der Waals surface area contributed by atoms with E-state index in [-0.39, 0.29) is 31.4 Å². The molecule has 0 bridgehead atoms. The highest BCUT2D eigenvalue weighted by atomic mass is 16.7. The normalized spacial score (nSPS) is 40.8. The predicted octanol–water partition coefficient (Wildman–Crippen LogP) is 4.55. The molecule has 5 rings (SSSR count). The van der Waals surface area contributed by atoms with Gasteiger partial charge < -0.3 is 63.4 Å². The summed E-state index contributed by atoms with van der Waals surface area (Å²) in [6, 6.07) is 8.70. The molecule has 0 unspecified atom stereocenters. The largest absolute Gasteiger partial charge is 0.459 e. The van der Waals surface area contributed by atoms with E-state index >= 15 is 0 Å². The number of carbonyl (C=O) groups excluding carboxylic acids is 3. The Hall–Kier alpha value is -3.62. The minimum absolute atomic E-state index is 0.0497. The maximum absolute atomic E-state index is 14.6. The molecular weight excluding hydrogens is 867 g/mol. The number of pyridine rings is 1. The summed E-state index contributed by atoms with van der Waals surface area (Å²) in [6.07, 6.45) is -4.71. The van der Waals surface area contributed by atoms with E-state index in [1.54, 1.807) is 46.9 Å². The van der Waals surface area contributed by atoms with Crippen molar-refractivity contribution in [2.45, 2.75) is 185 Å². The lowest BCUT2D eigenvalue weighted by molar-refractivity contribution is -0.319. The predicted molar refractivity (Wildman–Crippen MR) is 249 cm³/mol. The minimum atomic E-state index is -2.04. The van der Waals surface area contributed by atoms with Crippen molar-refractivity contribution in [1.29, 1.82) is 0 Å². The number of ether oxygens (including phenoxy) is 8. The average Bonchev–Trinajstić information content (AvgIpc) is 3.28. The quantitative estimate of drug-likeness (QED) is 0.180. The molecule has 3 aliphatic rings. The van der Waals surface area contributed by atoms with Crippen LogP contribution in [-0.2, 0) is 52.3 Å². The lowest BCUT2D eigenvalue weighted by Crippen LogP contribution is -2.61. The number of amides is 1. The highest BCUT2D eigenvalue weighted by molar-refractivity contribution is 5.88. The summed E-state index contributed by atoms with van der Waals surface area (Å²) in [6.45, 7) is 17.1. The summed E-state index contributed by atoms with van der Waals surface area (Å²) < 4.78 is 51.2. The van der Waals surface area contributed by atoms with Crippen molar-refractivity contribution in [3.8, 4) is 0 Å². The van der Waals surface area contributed by atoms with Crippen LogP contribution >= 0.6 is 0 Å². The van der Waals surface area contributed by atoms with Gasteiger partial charge in [-0.3, -0.25) is 14.6 Å². The Kier molecular flexibility index (Phi) is 18.2. The molecule has 4 N–H and O–H groups in total. The zero-order valence-electron chi connectivity index (χ0n) is 41.8. The number of nitrogens with one attached hydrogen (secondary N) is 1. The molecule has 4 heterocycles. The molecule has 3 saturated heterocycles. The van der Waals surface area contributed by atoms with E-state index in [9.17, 15) is 29.7 Å². The number of esters is 2. The van der Waals surface area contributed by atoms with Crippen molar-refractivity contribution in [2.75, 3.05) is 28.3 Å². The van der Waals surface area contributed by atoms with Gasteiger partial charge in [-0.25, -0.2) is 4.79 Å². The maximum atomic E-state index is 14.6. The van der Waals surface area contributed by atoms with E-state index in [2.05, 4.69) is 10.3 Å². The number of likely N-dealkylation sites (N-methyl/N-ethyl adjacent to an activating group) is 1. The molecule has 1 aromatic heterocycles. The molecule has 3 aliphatic heterocycles. The molecule has 0 aliphatic carbocycles. The van der Waals surface area contributed by atoms with Gasteiger partial charge in [0.05, 0.1) is 53.5 Å². The number of aromatic nitrogens is 1. The van der Waals surface area contributed by atoms with Crippen LogP contribution < -0.4 is 5.32 Å². The Morgan fingerprint density at radius 2 is 1.60 bits per heavy atom. The lowest BCUT2D eigenvalue weighted by Gasteiger charge is -2.49. The van der Waals surface area contributed by atoms with Crippen LogP contribution in [0, 0.1) is 17.8 Å². The number of hydrogen-bond acceptors (Lipinski definition) is 16. The number of carbonyl (C=O) groups is 3. The summed E-state index contributed by atoms with van der Waals surface area (Å²) in [5, 5.41) is 38.9. The fraction of sp³-hybridized carbons (Fsp3) is 0.720. The smallest absolute Gasteiger partial charge is 0.331 e.